The molecule has 6 heterocycles. The lowest BCUT2D eigenvalue weighted by molar-refractivity contribution is -0.301. The number of amides is 10. The number of nitrogens with two attached hydrogens (primary N) is 1. The van der Waals surface area contributed by atoms with Crippen molar-refractivity contribution in [3.8, 4) is 0 Å². The normalized spacial score (nSPS) is 24.5. The SMILES string of the molecule is CC(=O)NC(CCC(=O)NCc1cn(CCO[C@H]2O[C@H](CO)[C@@H](O)[C@H](O)[C@@H]2O)nn1)C(=O)NCCCC(=O)NC(CCC(=O)NCc1cn(CCO[C@H]2O[C@H](CO)[C@@H](O)[C@H](O)[C@@H]2O)nn1)C(=O)NCCCC(=O)NC(CCC(=O)NCc1cn(CCO[C@H]2O[C@H](CO)[C@@H](O)[C@H](O)[C@@H]2O)nn1)C(=O)NCCCCCC(=O)NN. The third-order valence-electron chi connectivity index (χ3n) is 17.8. The van der Waals surface area contributed by atoms with Crippen LogP contribution in [0.5, 0.6) is 0 Å². The van der Waals surface area contributed by atoms with E-state index in [1.807, 2.05) is 5.43 Å². The highest BCUT2D eigenvalue weighted by Crippen LogP contribution is 2.25. The van der Waals surface area contributed by atoms with Crippen LogP contribution < -0.4 is 59.1 Å². The molecule has 0 spiro atoms. The fraction of sp³-hybridized carbons (Fsp3) is 0.750. The van der Waals surface area contributed by atoms with Crippen LogP contribution in [0, 0.1) is 0 Å². The van der Waals surface area contributed by atoms with Crippen LogP contribution in [0.2, 0.25) is 0 Å². The van der Waals surface area contributed by atoms with E-state index >= 15 is 0 Å². The number of aromatic nitrogens is 9. The van der Waals surface area contributed by atoms with Crippen LogP contribution in [-0.4, -0.2) is 335 Å². The predicted molar refractivity (Wildman–Crippen MR) is 372 cm³/mol. The van der Waals surface area contributed by atoms with E-state index in [0.29, 0.717) is 30.7 Å². The molecule has 3 aromatic heterocycles. The van der Waals surface area contributed by atoms with E-state index in [2.05, 4.69) is 78.8 Å². The molecule has 0 bridgehead atoms. The van der Waals surface area contributed by atoms with Gasteiger partial charge in [-0.15, -0.1) is 15.3 Å². The molecular weight excluding hydrogens is 1500 g/mol. The Kier molecular flexibility index (Phi) is 39.9. The molecular formula is C64H106N20O28. The summed E-state index contributed by atoms with van der Waals surface area (Å²) in [6.07, 6.45) is -18.0. The first-order chi connectivity index (χ1) is 53.6. The average Bonchev–Trinajstić information content (AvgIpc) is 1.39. The molecule has 18 atom stereocenters. The topological polar surface area (TPSA) is 707 Å². The third-order valence-corrected chi connectivity index (χ3v) is 17.8. The second-order valence-corrected chi connectivity index (χ2v) is 26.5. The third kappa shape index (κ3) is 31.0. The van der Waals surface area contributed by atoms with E-state index in [-0.39, 0.29) is 161 Å². The maximum absolute atomic E-state index is 13.9. The molecule has 112 heavy (non-hydrogen) atoms. The minimum atomic E-state index is -1.65. The Labute approximate surface area is 640 Å². The fourth-order valence-corrected chi connectivity index (χ4v) is 11.4. The number of hydrazine groups is 1. The molecule has 24 N–H and O–H groups in total. The van der Waals surface area contributed by atoms with Crippen LogP contribution >= 0.6 is 0 Å². The van der Waals surface area contributed by atoms with E-state index in [1.165, 1.54) is 39.6 Å². The largest absolute Gasteiger partial charge is 0.394 e. The monoisotopic (exact) mass is 1600 g/mol. The lowest BCUT2D eigenvalue weighted by Crippen LogP contribution is -2.59. The molecule has 3 aliphatic heterocycles. The Bertz CT molecular complexity index is 3430. The van der Waals surface area contributed by atoms with Gasteiger partial charge in [0.05, 0.1) is 97.5 Å². The van der Waals surface area contributed by atoms with E-state index in [0.717, 1.165) is 0 Å². The summed E-state index contributed by atoms with van der Waals surface area (Å²) < 4.78 is 36.5. The number of nitrogens with zero attached hydrogens (tertiary/aromatic N) is 9. The summed E-state index contributed by atoms with van der Waals surface area (Å²) in [7, 11) is 0. The standard InChI is InChI=1S/C64H106N20O28/c1-34(88)72-38(10-13-44(89)69-25-35-28-82(79-76-35)19-22-107-62-56(101)53(98)50(95)41(31-85)110-62)59(104)67-17-5-8-48(93)74-40(12-15-46(91)71-27-37-30-84(81-78-37)21-24-109-64-58(103)55(100)52(97)43(33-87)112-64)61(106)68-18-6-9-47(92)73-39(60(105)66-16-4-2-3-7-49(94)75-65)11-14-45(90)70-26-36-29-83(80-77-36)20-23-108-63-57(102)54(99)51(96)42(32-86)111-63/h28-30,38-43,50-58,62-64,85-87,95-103H,2-27,31-33,65H2,1H3,(H,66,105)(H,67,104)(H,68,106)(H,69,89)(H,70,90)(H,71,91)(H,72,88)(H,73,92)(H,74,93)(H,75,94)/t38?,39?,40?,41-,42-,43-,50-,51-,52-,53+,54+,55+,56+,57+,58+,62+,63+,64+/m1/s1. The maximum Gasteiger partial charge on any atom is 0.242 e. The van der Waals surface area contributed by atoms with Crippen LogP contribution in [0.15, 0.2) is 18.6 Å². The van der Waals surface area contributed by atoms with Gasteiger partial charge in [0.15, 0.2) is 18.9 Å². The van der Waals surface area contributed by atoms with Gasteiger partial charge in [-0.25, -0.2) is 19.9 Å². The summed E-state index contributed by atoms with van der Waals surface area (Å²) in [5.74, 6) is -0.818. The van der Waals surface area contributed by atoms with Gasteiger partial charge >= 0.3 is 0 Å². The number of ether oxygens (including phenoxy) is 6. The Morgan fingerprint density at radius 3 is 1.03 bits per heavy atom. The van der Waals surface area contributed by atoms with E-state index < -0.39 is 183 Å². The highest BCUT2D eigenvalue weighted by Gasteiger charge is 2.46. The number of hydrogen-bond acceptors (Lipinski definition) is 35. The number of carbonyl (C=O) groups excluding carboxylic acids is 10. The number of rotatable bonds is 50. The van der Waals surface area contributed by atoms with E-state index in [4.69, 9.17) is 34.3 Å². The number of hydrogen-bond donors (Lipinski definition) is 23. The Hall–Kier alpha value is -8.64. The zero-order valence-electron chi connectivity index (χ0n) is 61.6. The number of aliphatic hydroxyl groups is 12. The summed E-state index contributed by atoms with van der Waals surface area (Å²) in [6.45, 7) is -1.37. The molecule has 3 unspecified atom stereocenters. The van der Waals surface area contributed by atoms with Gasteiger partial charge in [-0.3, -0.25) is 53.4 Å². The molecule has 0 aliphatic carbocycles. The van der Waals surface area contributed by atoms with Crippen LogP contribution in [0.25, 0.3) is 0 Å². The molecule has 10 amide bonds. The van der Waals surface area contributed by atoms with Gasteiger partial charge in [0.25, 0.3) is 0 Å². The first-order valence-electron chi connectivity index (χ1n) is 36.5. The van der Waals surface area contributed by atoms with Crippen molar-refractivity contribution < 1.29 is 138 Å². The van der Waals surface area contributed by atoms with Crippen molar-refractivity contribution in [1.82, 2.24) is 98.3 Å². The summed E-state index contributed by atoms with van der Waals surface area (Å²) >= 11 is 0. The quantitative estimate of drug-likeness (QED) is 0.0108. The van der Waals surface area contributed by atoms with Gasteiger partial charge in [-0.05, 0) is 44.9 Å². The van der Waals surface area contributed by atoms with Gasteiger partial charge < -0.3 is 138 Å². The molecule has 3 aromatic rings. The second kappa shape index (κ2) is 48.4. The molecule has 3 aliphatic rings. The summed E-state index contributed by atoms with van der Waals surface area (Å²) in [5.41, 5.74) is 2.96. The summed E-state index contributed by atoms with van der Waals surface area (Å²) in [4.78, 5) is 131. The molecule has 6 rings (SSSR count). The van der Waals surface area contributed by atoms with Gasteiger partial charge in [0.1, 0.15) is 108 Å². The average molecular weight is 1600 g/mol. The minimum absolute atomic E-state index is 0.00124. The Balaban J connectivity index is 0.979. The lowest BCUT2D eigenvalue weighted by Gasteiger charge is -2.39. The molecule has 0 saturated carbocycles. The van der Waals surface area contributed by atoms with Gasteiger partial charge in [0.2, 0.25) is 59.1 Å². The Morgan fingerprint density at radius 1 is 0.402 bits per heavy atom. The first kappa shape index (κ1) is 92.2. The van der Waals surface area contributed by atoms with Gasteiger partial charge in [-0.1, -0.05) is 22.1 Å². The highest BCUT2D eigenvalue weighted by atomic mass is 16.7. The van der Waals surface area contributed by atoms with Crippen molar-refractivity contribution in [3.05, 3.63) is 35.7 Å². The second-order valence-electron chi connectivity index (χ2n) is 26.5. The molecule has 3 fully saturated rings. The first-order valence-corrected chi connectivity index (χ1v) is 36.5. The number of nitrogens with one attached hydrogen (secondary N) is 10. The van der Waals surface area contributed by atoms with Crippen molar-refractivity contribution in [2.75, 3.05) is 59.3 Å². The van der Waals surface area contributed by atoms with Gasteiger partial charge in [-0.2, -0.15) is 0 Å². The number of unbranched alkanes of at least 4 members (excludes halogenated alkanes) is 2. The maximum atomic E-state index is 13.9. The fourth-order valence-electron chi connectivity index (χ4n) is 11.4. The van der Waals surface area contributed by atoms with Crippen LogP contribution in [-0.2, 0) is 116 Å². The van der Waals surface area contributed by atoms with Crippen molar-refractivity contribution in [2.45, 2.75) is 246 Å². The summed E-state index contributed by atoms with van der Waals surface area (Å²) in [5, 5.41) is 167. The molecule has 630 valence electrons. The number of aliphatic hydroxyl groups excluding tert-OH is 12. The summed E-state index contributed by atoms with van der Waals surface area (Å²) in [6, 6.07) is -3.76. The lowest BCUT2D eigenvalue weighted by atomic mass is 9.99. The van der Waals surface area contributed by atoms with E-state index in [9.17, 15) is 109 Å². The molecule has 48 nitrogen and oxygen atoms in total. The molecule has 3 saturated heterocycles. The Morgan fingerprint density at radius 2 is 0.714 bits per heavy atom. The van der Waals surface area contributed by atoms with Crippen molar-refractivity contribution in [2.24, 2.45) is 5.84 Å². The smallest absolute Gasteiger partial charge is 0.242 e. The molecule has 0 radical (unpaired) electrons. The van der Waals surface area contributed by atoms with E-state index in [1.54, 1.807) is 0 Å². The van der Waals surface area contributed by atoms with Crippen LogP contribution in [0.3, 0.4) is 0 Å². The van der Waals surface area contributed by atoms with Crippen molar-refractivity contribution >= 4 is 59.1 Å². The van der Waals surface area contributed by atoms with Crippen LogP contribution in [0.1, 0.15) is 114 Å². The zero-order valence-corrected chi connectivity index (χ0v) is 61.6. The van der Waals surface area contributed by atoms with Crippen molar-refractivity contribution in [1.29, 1.82) is 0 Å². The number of carbonyl (C=O) groups is 10. The minimum Gasteiger partial charge on any atom is -0.394 e. The zero-order chi connectivity index (χ0) is 81.8. The molecule has 0 aromatic carbocycles. The van der Waals surface area contributed by atoms with Crippen molar-refractivity contribution in [3.63, 3.8) is 0 Å². The van der Waals surface area contributed by atoms with Gasteiger partial charge in [0, 0.05) is 65.1 Å². The predicted octanol–water partition coefficient (Wildman–Crippen LogP) is -12.6. The van der Waals surface area contributed by atoms with Crippen LogP contribution in [0.4, 0.5) is 0 Å². The molecule has 48 heteroatoms. The highest BCUT2D eigenvalue weighted by molar-refractivity contribution is 5.90.